The van der Waals surface area contributed by atoms with Crippen LogP contribution >= 0.6 is 0 Å². The SMILES string of the molecule is CNCc1cnn(-c2cc3c(cc2OC)C2(CCOC2)C(NC)=N3)c1. The first kappa shape index (κ1) is 16.1. The second-order valence-electron chi connectivity index (χ2n) is 6.46. The topological polar surface area (TPSA) is 72.7 Å². The standard InChI is InChI=1S/C18H23N5O2/c1-19-8-12-9-21-23(10-12)15-7-14-13(6-16(15)24-3)18(4-5-25-11-18)17(20-2)22-14/h6-7,9-10,19H,4-5,8,11H2,1-3H3,(H,20,22). The fraction of sp³-hybridized carbons (Fsp3) is 0.444. The third kappa shape index (κ3) is 2.42. The number of methoxy groups -OCH3 is 1. The van der Waals surface area contributed by atoms with Gasteiger partial charge in [-0.1, -0.05) is 0 Å². The van der Waals surface area contributed by atoms with Crippen molar-refractivity contribution in [1.82, 2.24) is 20.4 Å². The summed E-state index contributed by atoms with van der Waals surface area (Å²) in [7, 11) is 5.53. The summed E-state index contributed by atoms with van der Waals surface area (Å²) in [6, 6.07) is 4.14. The van der Waals surface area contributed by atoms with Crippen molar-refractivity contribution in [3.8, 4) is 11.4 Å². The van der Waals surface area contributed by atoms with Gasteiger partial charge in [0.2, 0.25) is 0 Å². The maximum atomic E-state index is 5.70. The lowest BCUT2D eigenvalue weighted by Crippen LogP contribution is -2.41. The number of hydrogen-bond acceptors (Lipinski definition) is 6. The van der Waals surface area contributed by atoms with Crippen molar-refractivity contribution in [2.24, 2.45) is 4.99 Å². The molecule has 3 heterocycles. The molecule has 2 aliphatic heterocycles. The molecule has 0 amide bonds. The number of fused-ring (bicyclic) bond motifs is 2. The van der Waals surface area contributed by atoms with E-state index in [-0.39, 0.29) is 5.41 Å². The number of aliphatic imine (C=N–C) groups is 1. The number of benzene rings is 1. The second kappa shape index (κ2) is 6.16. The van der Waals surface area contributed by atoms with E-state index in [1.807, 2.05) is 31.2 Å². The number of likely N-dealkylation sites (N-methyl/N-ethyl adjacent to an activating group) is 1. The Balaban J connectivity index is 1.82. The summed E-state index contributed by atoms with van der Waals surface area (Å²) in [4.78, 5) is 4.83. The fourth-order valence-corrected chi connectivity index (χ4v) is 3.78. The van der Waals surface area contributed by atoms with E-state index in [9.17, 15) is 0 Å². The van der Waals surface area contributed by atoms with Gasteiger partial charge in [0.25, 0.3) is 0 Å². The molecule has 1 aromatic heterocycles. The lowest BCUT2D eigenvalue weighted by Gasteiger charge is -2.25. The minimum Gasteiger partial charge on any atom is -0.494 e. The van der Waals surface area contributed by atoms with Crippen LogP contribution < -0.4 is 15.4 Å². The average molecular weight is 341 g/mol. The molecule has 2 aromatic rings. The van der Waals surface area contributed by atoms with Gasteiger partial charge in [0.15, 0.2) is 0 Å². The summed E-state index contributed by atoms with van der Waals surface area (Å²) in [5.41, 5.74) is 3.94. The molecule has 0 bridgehead atoms. The first-order chi connectivity index (χ1) is 12.2. The van der Waals surface area contributed by atoms with Crippen LogP contribution in [0.25, 0.3) is 5.69 Å². The third-order valence-electron chi connectivity index (χ3n) is 5.02. The molecule has 25 heavy (non-hydrogen) atoms. The molecule has 0 radical (unpaired) electrons. The van der Waals surface area contributed by atoms with Crippen molar-refractivity contribution in [1.29, 1.82) is 0 Å². The first-order valence-electron chi connectivity index (χ1n) is 8.47. The van der Waals surface area contributed by atoms with Crippen LogP contribution in [0, 0.1) is 0 Å². The Hall–Kier alpha value is -2.38. The van der Waals surface area contributed by atoms with Gasteiger partial charge in [0.1, 0.15) is 17.3 Å². The van der Waals surface area contributed by atoms with E-state index in [0.29, 0.717) is 6.61 Å². The Morgan fingerprint density at radius 1 is 1.36 bits per heavy atom. The van der Waals surface area contributed by atoms with Gasteiger partial charge in [0.05, 0.1) is 31.0 Å². The zero-order chi connectivity index (χ0) is 17.4. The molecule has 7 nitrogen and oxygen atoms in total. The molecule has 1 unspecified atom stereocenters. The summed E-state index contributed by atoms with van der Waals surface area (Å²) in [6.45, 7) is 2.17. The van der Waals surface area contributed by atoms with E-state index < -0.39 is 0 Å². The molecule has 1 atom stereocenters. The minimum atomic E-state index is -0.183. The smallest absolute Gasteiger partial charge is 0.144 e. The highest BCUT2D eigenvalue weighted by molar-refractivity contribution is 6.01. The number of ether oxygens (including phenoxy) is 2. The Kier molecular flexibility index (Phi) is 3.97. The zero-order valence-electron chi connectivity index (χ0n) is 14.8. The molecule has 1 aromatic carbocycles. The molecule has 1 spiro atoms. The van der Waals surface area contributed by atoms with Crippen molar-refractivity contribution in [3.05, 3.63) is 35.7 Å². The minimum absolute atomic E-state index is 0.183. The van der Waals surface area contributed by atoms with Crippen LogP contribution in [-0.2, 0) is 16.7 Å². The van der Waals surface area contributed by atoms with Crippen LogP contribution in [0.15, 0.2) is 29.5 Å². The number of nitrogens with zero attached hydrogens (tertiary/aromatic N) is 3. The van der Waals surface area contributed by atoms with Crippen molar-refractivity contribution in [3.63, 3.8) is 0 Å². The van der Waals surface area contributed by atoms with E-state index in [1.165, 1.54) is 0 Å². The largest absolute Gasteiger partial charge is 0.494 e. The maximum Gasteiger partial charge on any atom is 0.144 e. The van der Waals surface area contributed by atoms with Gasteiger partial charge in [-0.05, 0) is 31.2 Å². The van der Waals surface area contributed by atoms with E-state index in [0.717, 1.165) is 53.7 Å². The molecular formula is C18H23N5O2. The summed E-state index contributed by atoms with van der Waals surface area (Å²) < 4.78 is 13.2. The molecule has 4 rings (SSSR count). The molecule has 0 aliphatic carbocycles. The third-order valence-corrected chi connectivity index (χ3v) is 5.02. The lowest BCUT2D eigenvalue weighted by molar-refractivity contribution is 0.188. The van der Waals surface area contributed by atoms with Gasteiger partial charge in [-0.15, -0.1) is 0 Å². The van der Waals surface area contributed by atoms with E-state index in [1.54, 1.807) is 7.11 Å². The van der Waals surface area contributed by atoms with Crippen LogP contribution in [-0.4, -0.2) is 50.0 Å². The van der Waals surface area contributed by atoms with E-state index in [4.69, 9.17) is 14.5 Å². The summed E-state index contributed by atoms with van der Waals surface area (Å²) in [5.74, 6) is 1.76. The van der Waals surface area contributed by atoms with E-state index in [2.05, 4.69) is 27.9 Å². The van der Waals surface area contributed by atoms with Gasteiger partial charge in [0, 0.05) is 32.0 Å². The molecule has 7 heteroatoms. The Bertz CT molecular complexity index is 821. The monoisotopic (exact) mass is 341 g/mol. The highest BCUT2D eigenvalue weighted by atomic mass is 16.5. The maximum absolute atomic E-state index is 5.70. The van der Waals surface area contributed by atoms with Gasteiger partial charge in [-0.2, -0.15) is 5.10 Å². The molecule has 1 saturated heterocycles. The molecule has 1 fully saturated rings. The van der Waals surface area contributed by atoms with Gasteiger partial charge in [-0.3, -0.25) is 0 Å². The molecule has 132 valence electrons. The predicted molar refractivity (Wildman–Crippen MR) is 96.1 cm³/mol. The van der Waals surface area contributed by atoms with Crippen LogP contribution in [0.3, 0.4) is 0 Å². The Morgan fingerprint density at radius 2 is 2.24 bits per heavy atom. The lowest BCUT2D eigenvalue weighted by atomic mass is 9.79. The summed E-state index contributed by atoms with van der Waals surface area (Å²) in [5, 5.41) is 10.9. The first-order valence-corrected chi connectivity index (χ1v) is 8.47. The Morgan fingerprint density at radius 3 is 2.92 bits per heavy atom. The fourth-order valence-electron chi connectivity index (χ4n) is 3.78. The number of amidine groups is 1. The number of nitrogens with one attached hydrogen (secondary N) is 2. The number of aromatic nitrogens is 2. The van der Waals surface area contributed by atoms with Crippen molar-refractivity contribution in [2.75, 3.05) is 34.4 Å². The quantitative estimate of drug-likeness (QED) is 0.882. The normalized spacial score (nSPS) is 21.5. The predicted octanol–water partition coefficient (Wildman–Crippen LogP) is 1.52. The van der Waals surface area contributed by atoms with Crippen LogP contribution in [0.5, 0.6) is 5.75 Å². The Labute approximate surface area is 147 Å². The average Bonchev–Trinajstić information content (AvgIpc) is 3.35. The molecule has 0 saturated carbocycles. The van der Waals surface area contributed by atoms with Crippen molar-refractivity contribution in [2.45, 2.75) is 18.4 Å². The molecule has 2 N–H and O–H groups in total. The second-order valence-corrected chi connectivity index (χ2v) is 6.46. The van der Waals surface area contributed by atoms with Crippen molar-refractivity contribution < 1.29 is 9.47 Å². The van der Waals surface area contributed by atoms with Gasteiger partial charge < -0.3 is 20.1 Å². The van der Waals surface area contributed by atoms with Gasteiger partial charge in [-0.25, -0.2) is 9.67 Å². The molecule has 2 aliphatic rings. The van der Waals surface area contributed by atoms with Gasteiger partial charge >= 0.3 is 0 Å². The van der Waals surface area contributed by atoms with Crippen LogP contribution in [0.2, 0.25) is 0 Å². The van der Waals surface area contributed by atoms with Crippen molar-refractivity contribution >= 4 is 11.5 Å². The number of rotatable bonds is 4. The summed E-state index contributed by atoms with van der Waals surface area (Å²) in [6.07, 6.45) is 4.79. The zero-order valence-corrected chi connectivity index (χ0v) is 14.8. The highest BCUT2D eigenvalue weighted by Crippen LogP contribution is 2.47. The number of hydrogen-bond donors (Lipinski definition) is 2. The molecular weight excluding hydrogens is 318 g/mol. The van der Waals surface area contributed by atoms with Crippen LogP contribution in [0.1, 0.15) is 17.5 Å². The van der Waals surface area contributed by atoms with Crippen LogP contribution in [0.4, 0.5) is 5.69 Å². The highest BCUT2D eigenvalue weighted by Gasteiger charge is 2.47. The van der Waals surface area contributed by atoms with E-state index >= 15 is 0 Å². The summed E-state index contributed by atoms with van der Waals surface area (Å²) >= 11 is 0.